The monoisotopic (exact) mass is 384 g/mol. The Morgan fingerprint density at radius 3 is 2.63 bits per heavy atom. The Labute approximate surface area is 161 Å². The molecule has 0 radical (unpaired) electrons. The zero-order valence-electron chi connectivity index (χ0n) is 14.6. The van der Waals surface area contributed by atoms with Crippen LogP contribution in [0.15, 0.2) is 54.6 Å². The molecule has 1 heterocycles. The summed E-state index contributed by atoms with van der Waals surface area (Å²) in [6.45, 7) is 0.418. The quantitative estimate of drug-likeness (QED) is 0.733. The first-order valence-electron chi connectivity index (χ1n) is 8.41. The number of urea groups is 1. The minimum absolute atomic E-state index is 0.177. The van der Waals surface area contributed by atoms with Crippen molar-refractivity contribution in [2.45, 2.75) is 12.6 Å². The molecular formula is C19H20N4O3S. The summed E-state index contributed by atoms with van der Waals surface area (Å²) in [7, 11) is 0. The van der Waals surface area contributed by atoms with Crippen LogP contribution in [0.1, 0.15) is 15.9 Å². The molecular weight excluding hydrogens is 364 g/mol. The van der Waals surface area contributed by atoms with Gasteiger partial charge in [-0.3, -0.25) is 9.59 Å². The molecule has 1 fully saturated rings. The van der Waals surface area contributed by atoms with Gasteiger partial charge in [0.1, 0.15) is 6.04 Å². The van der Waals surface area contributed by atoms with Gasteiger partial charge < -0.3 is 21.3 Å². The number of carbonyl (C=O) groups is 3. The van der Waals surface area contributed by atoms with E-state index >= 15 is 0 Å². The largest absolute Gasteiger partial charge is 0.351 e. The van der Waals surface area contributed by atoms with Crippen molar-refractivity contribution in [1.29, 1.82) is 0 Å². The van der Waals surface area contributed by atoms with E-state index in [1.54, 1.807) is 29.2 Å². The highest BCUT2D eigenvalue weighted by Crippen LogP contribution is 2.24. The van der Waals surface area contributed by atoms with Crippen molar-refractivity contribution in [2.24, 2.45) is 5.73 Å². The third-order valence-corrected chi connectivity index (χ3v) is 5.14. The highest BCUT2D eigenvalue weighted by Gasteiger charge is 2.35. The third kappa shape index (κ3) is 4.79. The van der Waals surface area contributed by atoms with E-state index < -0.39 is 12.1 Å². The van der Waals surface area contributed by atoms with Gasteiger partial charge in [0.05, 0.1) is 5.88 Å². The maximum absolute atomic E-state index is 12.9. The lowest BCUT2D eigenvalue weighted by atomic mass is 10.1. The number of hydrogen-bond donors (Lipinski definition) is 3. The van der Waals surface area contributed by atoms with Crippen molar-refractivity contribution < 1.29 is 14.4 Å². The predicted octanol–water partition coefficient (Wildman–Crippen LogP) is 2.01. The molecule has 140 valence electrons. The molecule has 0 saturated carbocycles. The number of hydrogen-bond acceptors (Lipinski definition) is 4. The van der Waals surface area contributed by atoms with Gasteiger partial charge in [-0.25, -0.2) is 4.79 Å². The second kappa shape index (κ2) is 8.59. The molecule has 0 aromatic heterocycles. The number of nitrogens with one attached hydrogen (secondary N) is 2. The molecule has 4 amide bonds. The Hall–Kier alpha value is -3.00. The maximum Gasteiger partial charge on any atom is 0.316 e. The highest BCUT2D eigenvalue weighted by molar-refractivity contribution is 7.99. The van der Waals surface area contributed by atoms with Crippen LogP contribution >= 0.6 is 11.8 Å². The summed E-state index contributed by atoms with van der Waals surface area (Å²) in [5, 5.41) is 5.34. The van der Waals surface area contributed by atoms with Gasteiger partial charge in [0, 0.05) is 23.5 Å². The van der Waals surface area contributed by atoms with Crippen LogP contribution in [0.3, 0.4) is 0 Å². The Morgan fingerprint density at radius 1 is 1.11 bits per heavy atom. The van der Waals surface area contributed by atoms with Gasteiger partial charge in [0.25, 0.3) is 5.91 Å². The molecule has 2 aromatic rings. The van der Waals surface area contributed by atoms with E-state index in [0.29, 0.717) is 29.4 Å². The van der Waals surface area contributed by atoms with Crippen molar-refractivity contribution in [3.05, 3.63) is 65.7 Å². The van der Waals surface area contributed by atoms with E-state index in [1.807, 2.05) is 30.3 Å². The van der Waals surface area contributed by atoms with Gasteiger partial charge in [-0.2, -0.15) is 0 Å². The average Bonchev–Trinajstić information content (AvgIpc) is 3.16. The zero-order chi connectivity index (χ0) is 19.2. The van der Waals surface area contributed by atoms with E-state index in [1.165, 1.54) is 11.8 Å². The van der Waals surface area contributed by atoms with Crippen LogP contribution in [-0.4, -0.2) is 40.4 Å². The van der Waals surface area contributed by atoms with Crippen molar-refractivity contribution in [3.8, 4) is 0 Å². The van der Waals surface area contributed by atoms with Crippen molar-refractivity contribution >= 4 is 35.3 Å². The van der Waals surface area contributed by atoms with Crippen LogP contribution in [0.5, 0.6) is 0 Å². The second-order valence-electron chi connectivity index (χ2n) is 6.06. The molecule has 0 spiro atoms. The normalized spacial score (nSPS) is 16.0. The van der Waals surface area contributed by atoms with E-state index in [2.05, 4.69) is 10.6 Å². The zero-order valence-corrected chi connectivity index (χ0v) is 15.4. The van der Waals surface area contributed by atoms with Crippen LogP contribution in [0.2, 0.25) is 0 Å². The molecule has 7 nitrogen and oxygen atoms in total. The van der Waals surface area contributed by atoms with Gasteiger partial charge in [0.15, 0.2) is 0 Å². The molecule has 1 atom stereocenters. The fourth-order valence-corrected chi connectivity index (χ4v) is 3.95. The smallest absolute Gasteiger partial charge is 0.316 e. The summed E-state index contributed by atoms with van der Waals surface area (Å²) in [4.78, 5) is 38.0. The topological polar surface area (TPSA) is 105 Å². The number of rotatable bonds is 5. The molecule has 3 rings (SSSR count). The van der Waals surface area contributed by atoms with Gasteiger partial charge >= 0.3 is 6.03 Å². The fourth-order valence-electron chi connectivity index (χ4n) is 2.80. The van der Waals surface area contributed by atoms with E-state index in [4.69, 9.17) is 5.73 Å². The van der Waals surface area contributed by atoms with Crippen molar-refractivity contribution in [1.82, 2.24) is 10.2 Å². The number of benzene rings is 2. The number of anilines is 1. The molecule has 4 N–H and O–H groups in total. The Balaban J connectivity index is 1.67. The molecule has 1 aliphatic rings. The molecule has 0 aliphatic carbocycles. The maximum atomic E-state index is 12.9. The molecule has 8 heteroatoms. The van der Waals surface area contributed by atoms with Gasteiger partial charge in [-0.15, -0.1) is 11.8 Å². The number of thioether (sulfide) groups is 1. The molecule has 2 aromatic carbocycles. The number of nitrogens with two attached hydrogens (primary N) is 1. The van der Waals surface area contributed by atoms with Gasteiger partial charge in [0.2, 0.25) is 5.91 Å². The first-order chi connectivity index (χ1) is 13.0. The lowest BCUT2D eigenvalue weighted by Gasteiger charge is -2.23. The van der Waals surface area contributed by atoms with Crippen molar-refractivity contribution in [3.63, 3.8) is 0 Å². The number of carbonyl (C=O) groups excluding carboxylic acids is 3. The summed E-state index contributed by atoms with van der Waals surface area (Å²) in [6, 6.07) is 14.9. The lowest BCUT2D eigenvalue weighted by Crippen LogP contribution is -2.47. The SMILES string of the molecule is NC(=O)Nc1cccc(C(=O)N2CSC[C@H]2C(=O)NCc2ccccc2)c1. The van der Waals surface area contributed by atoms with Gasteiger partial charge in [-0.1, -0.05) is 36.4 Å². The number of amides is 4. The Bertz CT molecular complexity index is 844. The van der Waals surface area contributed by atoms with E-state index in [0.717, 1.165) is 5.56 Å². The number of primary amides is 1. The van der Waals surface area contributed by atoms with Crippen LogP contribution in [-0.2, 0) is 11.3 Å². The molecule has 27 heavy (non-hydrogen) atoms. The molecule has 0 unspecified atom stereocenters. The fraction of sp³-hybridized carbons (Fsp3) is 0.211. The summed E-state index contributed by atoms with van der Waals surface area (Å²) in [5.74, 6) is 0.554. The lowest BCUT2D eigenvalue weighted by molar-refractivity contribution is -0.124. The summed E-state index contributed by atoms with van der Waals surface area (Å²) in [5.41, 5.74) is 6.94. The average molecular weight is 384 g/mol. The van der Waals surface area contributed by atoms with Crippen LogP contribution in [0.4, 0.5) is 10.5 Å². The highest BCUT2D eigenvalue weighted by atomic mass is 32.2. The minimum Gasteiger partial charge on any atom is -0.351 e. The van der Waals surface area contributed by atoms with Crippen LogP contribution < -0.4 is 16.4 Å². The summed E-state index contributed by atoms with van der Waals surface area (Å²) >= 11 is 1.53. The molecule has 1 saturated heterocycles. The standard InChI is InChI=1S/C19H20N4O3S/c20-19(26)22-15-8-4-7-14(9-15)18(25)23-12-27-11-16(23)17(24)21-10-13-5-2-1-3-6-13/h1-9,16H,10-12H2,(H,21,24)(H3,20,22,26)/t16-/m0/s1. The van der Waals surface area contributed by atoms with Crippen molar-refractivity contribution in [2.75, 3.05) is 16.9 Å². The van der Waals surface area contributed by atoms with Gasteiger partial charge in [-0.05, 0) is 23.8 Å². The van der Waals surface area contributed by atoms with Crippen LogP contribution in [0, 0.1) is 0 Å². The minimum atomic E-state index is -0.700. The Morgan fingerprint density at radius 2 is 1.89 bits per heavy atom. The third-order valence-electron chi connectivity index (χ3n) is 4.13. The first-order valence-corrected chi connectivity index (χ1v) is 9.57. The summed E-state index contributed by atoms with van der Waals surface area (Å²) in [6.07, 6.45) is 0. The second-order valence-corrected chi connectivity index (χ2v) is 7.06. The molecule has 0 bridgehead atoms. The Kier molecular flexibility index (Phi) is 5.97. The molecule has 1 aliphatic heterocycles. The number of nitrogens with zero attached hydrogens (tertiary/aromatic N) is 1. The summed E-state index contributed by atoms with van der Waals surface area (Å²) < 4.78 is 0. The van der Waals surface area contributed by atoms with E-state index in [9.17, 15) is 14.4 Å². The van der Waals surface area contributed by atoms with E-state index in [-0.39, 0.29) is 11.8 Å². The first kappa shape index (κ1) is 18.8. The predicted molar refractivity (Wildman–Crippen MR) is 105 cm³/mol. The van der Waals surface area contributed by atoms with Crippen LogP contribution in [0.25, 0.3) is 0 Å².